The molecule has 0 spiro atoms. The van der Waals surface area contributed by atoms with Crippen LogP contribution < -0.4 is 4.72 Å². The number of sulfone groups is 1. The van der Waals surface area contributed by atoms with Gasteiger partial charge in [-0.15, -0.1) is 0 Å². The van der Waals surface area contributed by atoms with E-state index in [4.69, 9.17) is 0 Å². The van der Waals surface area contributed by atoms with E-state index in [1.54, 1.807) is 26.8 Å². The topological polar surface area (TPSA) is 63.2 Å². The molecule has 0 unspecified atom stereocenters. The Kier molecular flexibility index (Phi) is 6.00. The van der Waals surface area contributed by atoms with E-state index in [1.807, 2.05) is 0 Å². The number of hydrogen-bond acceptors (Lipinski definition) is 3. The summed E-state index contributed by atoms with van der Waals surface area (Å²) in [6.07, 6.45) is 0. The third-order valence-corrected chi connectivity index (χ3v) is 7.72. The maximum Gasteiger partial charge on any atom is 0.368 e. The van der Waals surface area contributed by atoms with Gasteiger partial charge in [0.05, 0.1) is 20.6 Å². The zero-order chi connectivity index (χ0) is 19.0. The fourth-order valence-electron chi connectivity index (χ4n) is 1.89. The first-order valence-electron chi connectivity index (χ1n) is 7.55. The Morgan fingerprint density at radius 1 is 1.04 bits per heavy atom. The smallest absolute Gasteiger partial charge is 0.242 e. The van der Waals surface area contributed by atoms with Gasteiger partial charge in [-0.25, -0.2) is 17.3 Å². The Bertz CT molecular complexity index is 698. The molecule has 0 saturated carbocycles. The Balaban J connectivity index is 3.45. The first-order chi connectivity index (χ1) is 10.7. The van der Waals surface area contributed by atoms with Crippen molar-refractivity contribution in [2.24, 2.45) is 5.92 Å². The van der Waals surface area contributed by atoms with E-state index in [0.29, 0.717) is 0 Å². The monoisotopic (exact) mass is 381 g/mol. The van der Waals surface area contributed by atoms with E-state index in [-0.39, 0.29) is 0 Å². The molecule has 0 saturated heterocycles. The average Bonchev–Trinajstić information content (AvgIpc) is 2.46. The van der Waals surface area contributed by atoms with Gasteiger partial charge in [0.15, 0.2) is 0 Å². The van der Waals surface area contributed by atoms with Gasteiger partial charge in [0.25, 0.3) is 0 Å². The van der Waals surface area contributed by atoms with Crippen LogP contribution in [-0.2, 0) is 20.8 Å². The van der Waals surface area contributed by atoms with E-state index >= 15 is 8.78 Å². The Morgan fingerprint density at radius 2 is 1.50 bits per heavy atom. The average molecular weight is 382 g/mol. The number of hydrogen-bond donors (Lipinski definition) is 1. The molecule has 0 amide bonds. The van der Waals surface area contributed by atoms with Crippen LogP contribution in [0.5, 0.6) is 0 Å². The van der Waals surface area contributed by atoms with Gasteiger partial charge in [-0.1, -0.05) is 32.0 Å². The van der Waals surface area contributed by atoms with Crippen molar-refractivity contribution in [3.05, 3.63) is 30.3 Å². The van der Waals surface area contributed by atoms with Crippen molar-refractivity contribution in [3.63, 3.8) is 0 Å². The highest BCUT2D eigenvalue weighted by molar-refractivity contribution is 7.92. The molecule has 4 nitrogen and oxygen atoms in total. The summed E-state index contributed by atoms with van der Waals surface area (Å²) in [4.78, 5) is -0.467. The van der Waals surface area contributed by atoms with Crippen molar-refractivity contribution in [3.8, 4) is 0 Å². The number of benzene rings is 1. The van der Waals surface area contributed by atoms with Gasteiger partial charge in [0.1, 0.15) is 5.54 Å². The predicted octanol–water partition coefficient (Wildman–Crippen LogP) is 3.52. The van der Waals surface area contributed by atoms with E-state index in [0.717, 1.165) is 19.1 Å². The van der Waals surface area contributed by atoms with Crippen LogP contribution in [-0.4, -0.2) is 28.2 Å². The van der Waals surface area contributed by atoms with Crippen molar-refractivity contribution < 1.29 is 21.4 Å². The van der Waals surface area contributed by atoms with Crippen molar-refractivity contribution in [2.45, 2.75) is 62.0 Å². The summed E-state index contributed by atoms with van der Waals surface area (Å²) >= 11 is 0. The maximum atomic E-state index is 15.2. The van der Waals surface area contributed by atoms with Gasteiger partial charge < -0.3 is 0 Å². The molecule has 0 aliphatic rings. The van der Waals surface area contributed by atoms with Gasteiger partial charge in [-0.3, -0.25) is 0 Å². The first-order valence-corrected chi connectivity index (χ1v) is 10.2. The Morgan fingerprint density at radius 3 is 1.88 bits per heavy atom. The minimum absolute atomic E-state index is 0.467. The van der Waals surface area contributed by atoms with E-state index in [2.05, 4.69) is 4.72 Å². The number of nitrogens with one attached hydrogen (secondary N) is 1. The lowest BCUT2D eigenvalue weighted by molar-refractivity contribution is -0.0167. The van der Waals surface area contributed by atoms with Gasteiger partial charge in [-0.2, -0.15) is 8.78 Å². The van der Waals surface area contributed by atoms with Crippen molar-refractivity contribution in [2.75, 3.05) is 0 Å². The lowest BCUT2D eigenvalue weighted by atomic mass is 9.90. The minimum atomic E-state index is -4.96. The highest BCUT2D eigenvalue weighted by Crippen LogP contribution is 2.43. The molecule has 0 radical (unpaired) electrons. The van der Waals surface area contributed by atoms with E-state index < -0.39 is 47.2 Å². The van der Waals surface area contributed by atoms with Crippen LogP contribution in [0.25, 0.3) is 0 Å². The van der Waals surface area contributed by atoms with Gasteiger partial charge >= 0.3 is 5.25 Å². The van der Waals surface area contributed by atoms with Crippen molar-refractivity contribution in [1.82, 2.24) is 4.72 Å². The molecule has 0 aliphatic carbocycles. The summed E-state index contributed by atoms with van der Waals surface area (Å²) in [7, 11) is -6.82. The molecular formula is C16H25F2NO3S2. The first kappa shape index (κ1) is 21.2. The van der Waals surface area contributed by atoms with Gasteiger partial charge in [-0.05, 0) is 45.7 Å². The van der Waals surface area contributed by atoms with E-state index in [1.165, 1.54) is 26.0 Å². The third-order valence-electron chi connectivity index (χ3n) is 4.01. The van der Waals surface area contributed by atoms with Gasteiger partial charge in [0.2, 0.25) is 9.84 Å². The molecule has 0 bridgehead atoms. The summed E-state index contributed by atoms with van der Waals surface area (Å²) in [6.45, 7) is 8.92. The summed E-state index contributed by atoms with van der Waals surface area (Å²) in [5.74, 6) is -0.794. The van der Waals surface area contributed by atoms with Crippen LogP contribution in [0.2, 0.25) is 0 Å². The molecule has 0 fully saturated rings. The summed E-state index contributed by atoms with van der Waals surface area (Å²) in [5, 5.41) is -4.16. The molecule has 1 N–H and O–H groups in total. The molecule has 8 heteroatoms. The zero-order valence-corrected chi connectivity index (χ0v) is 16.4. The third kappa shape index (κ3) is 3.70. The molecule has 138 valence electrons. The summed E-state index contributed by atoms with van der Waals surface area (Å²) < 4.78 is 69.3. The number of rotatable bonds is 6. The maximum absolute atomic E-state index is 15.2. The second-order valence-corrected chi connectivity index (χ2v) is 11.1. The number of alkyl halides is 2. The quantitative estimate of drug-likeness (QED) is 0.820. The van der Waals surface area contributed by atoms with Crippen LogP contribution in [0.15, 0.2) is 35.2 Å². The highest BCUT2D eigenvalue weighted by atomic mass is 32.2. The molecule has 0 heterocycles. The normalized spacial score (nSPS) is 17.5. The molecular weight excluding hydrogens is 356 g/mol. The van der Waals surface area contributed by atoms with Crippen LogP contribution >= 0.6 is 0 Å². The molecule has 1 aromatic carbocycles. The molecule has 1 aromatic rings. The minimum Gasteiger partial charge on any atom is -0.242 e. The van der Waals surface area contributed by atoms with Crippen molar-refractivity contribution in [1.29, 1.82) is 0 Å². The van der Waals surface area contributed by atoms with Gasteiger partial charge in [0, 0.05) is 0 Å². The van der Waals surface area contributed by atoms with Crippen LogP contribution in [0, 0.1) is 5.92 Å². The number of halogens is 2. The lowest BCUT2D eigenvalue weighted by Crippen LogP contribution is -2.64. The molecule has 24 heavy (non-hydrogen) atoms. The molecule has 0 aromatic heterocycles. The fourth-order valence-corrected chi connectivity index (χ4v) is 4.66. The summed E-state index contributed by atoms with van der Waals surface area (Å²) in [6, 6.07) is 6.58. The molecule has 1 rings (SSSR count). The van der Waals surface area contributed by atoms with Crippen molar-refractivity contribution >= 4 is 20.8 Å². The van der Waals surface area contributed by atoms with Crippen LogP contribution in [0.1, 0.15) is 41.5 Å². The SMILES string of the molecule is CC(C)[C@](C)(N[S@](=O)C(C)(C)C)C(F)(F)S(=O)(=O)c1ccccc1. The standard InChI is InChI=1S/C16H25F2NO3S2/c1-12(2)15(6,19-23(20)14(3,4)5)16(17,18)24(21,22)13-10-8-7-9-11-13/h7-12,19H,1-6H3/t15-,23+/m0/s1. The van der Waals surface area contributed by atoms with Crippen LogP contribution in [0.4, 0.5) is 8.78 Å². The zero-order valence-electron chi connectivity index (χ0n) is 14.8. The Labute approximate surface area is 145 Å². The lowest BCUT2D eigenvalue weighted by Gasteiger charge is -2.41. The molecule has 0 aliphatic heterocycles. The van der Waals surface area contributed by atoms with E-state index in [9.17, 15) is 12.6 Å². The molecule has 2 atom stereocenters. The highest BCUT2D eigenvalue weighted by Gasteiger charge is 2.62. The van der Waals surface area contributed by atoms with Crippen LogP contribution in [0.3, 0.4) is 0 Å². The Hall–Kier alpha value is -0.860. The summed E-state index contributed by atoms with van der Waals surface area (Å²) in [5.41, 5.74) is -2.21. The largest absolute Gasteiger partial charge is 0.368 e. The predicted molar refractivity (Wildman–Crippen MR) is 92.8 cm³/mol. The second-order valence-electron chi connectivity index (χ2n) is 7.17. The fraction of sp³-hybridized carbons (Fsp3) is 0.625. The second kappa shape index (κ2) is 6.80.